The molecule has 0 saturated carbocycles. The number of hydrogen-bond donors (Lipinski definition) is 1. The molecule has 0 aliphatic carbocycles. The van der Waals surface area contributed by atoms with Gasteiger partial charge in [-0.15, -0.1) is 0 Å². The van der Waals surface area contributed by atoms with Gasteiger partial charge in [-0.25, -0.2) is 4.79 Å². The standard InChI is InChI=1S/C16H21NO3/c1-20-15-7-5-13(6-8-16(18)19)11-14(15)12-17-9-3-2-4-10-17/h5-8,11H,2-4,9-10,12H2,1H3,(H,18,19)/b8-6-. The average molecular weight is 275 g/mol. The molecule has 1 fully saturated rings. The Bertz CT molecular complexity index is 490. The highest BCUT2D eigenvalue weighted by Crippen LogP contribution is 2.23. The van der Waals surface area contributed by atoms with Crippen molar-refractivity contribution in [3.05, 3.63) is 35.4 Å². The Morgan fingerprint density at radius 2 is 2.10 bits per heavy atom. The maximum absolute atomic E-state index is 10.6. The number of carboxylic acid groups (broad SMARTS) is 1. The van der Waals surface area contributed by atoms with Crippen LogP contribution in [0.4, 0.5) is 0 Å². The molecule has 1 aromatic carbocycles. The van der Waals surface area contributed by atoms with E-state index < -0.39 is 5.97 Å². The van der Waals surface area contributed by atoms with Crippen LogP contribution in [0.15, 0.2) is 24.3 Å². The molecule has 0 atom stereocenters. The number of piperidine rings is 1. The van der Waals surface area contributed by atoms with Gasteiger partial charge in [0.05, 0.1) is 7.11 Å². The first kappa shape index (κ1) is 14.6. The third kappa shape index (κ3) is 4.10. The van der Waals surface area contributed by atoms with Crippen molar-refractivity contribution in [3.8, 4) is 5.75 Å². The zero-order valence-electron chi connectivity index (χ0n) is 11.8. The summed E-state index contributed by atoms with van der Waals surface area (Å²) in [5.41, 5.74) is 2.00. The van der Waals surface area contributed by atoms with Gasteiger partial charge in [-0.3, -0.25) is 4.90 Å². The van der Waals surface area contributed by atoms with Crippen LogP contribution in [0, 0.1) is 0 Å². The average Bonchev–Trinajstić information content (AvgIpc) is 2.46. The number of aliphatic carboxylic acids is 1. The van der Waals surface area contributed by atoms with Crippen molar-refractivity contribution in [1.29, 1.82) is 0 Å². The molecule has 4 heteroatoms. The minimum Gasteiger partial charge on any atom is -0.496 e. The zero-order chi connectivity index (χ0) is 14.4. The number of benzene rings is 1. The summed E-state index contributed by atoms with van der Waals surface area (Å²) in [6.45, 7) is 3.11. The summed E-state index contributed by atoms with van der Waals surface area (Å²) in [7, 11) is 1.67. The number of carboxylic acids is 1. The van der Waals surface area contributed by atoms with E-state index in [1.165, 1.54) is 19.3 Å². The Hall–Kier alpha value is -1.81. The van der Waals surface area contributed by atoms with E-state index in [4.69, 9.17) is 9.84 Å². The molecule has 1 aromatic rings. The molecule has 1 N–H and O–H groups in total. The van der Waals surface area contributed by atoms with Gasteiger partial charge >= 0.3 is 5.97 Å². The predicted octanol–water partition coefficient (Wildman–Crippen LogP) is 2.78. The van der Waals surface area contributed by atoms with Gasteiger partial charge in [0.2, 0.25) is 0 Å². The maximum Gasteiger partial charge on any atom is 0.328 e. The molecule has 4 nitrogen and oxygen atoms in total. The van der Waals surface area contributed by atoms with Crippen LogP contribution in [0.1, 0.15) is 30.4 Å². The number of hydrogen-bond acceptors (Lipinski definition) is 3. The quantitative estimate of drug-likeness (QED) is 0.839. The Morgan fingerprint density at radius 3 is 2.75 bits per heavy atom. The molecule has 0 aromatic heterocycles. The normalized spacial score (nSPS) is 16.4. The molecule has 108 valence electrons. The van der Waals surface area contributed by atoms with Crippen molar-refractivity contribution in [1.82, 2.24) is 4.90 Å². The fourth-order valence-corrected chi connectivity index (χ4v) is 2.55. The topological polar surface area (TPSA) is 49.8 Å². The number of rotatable bonds is 5. The summed E-state index contributed by atoms with van der Waals surface area (Å²) >= 11 is 0. The van der Waals surface area contributed by atoms with Gasteiger partial charge in [0.1, 0.15) is 5.75 Å². The molecule has 0 bridgehead atoms. The second-order valence-electron chi connectivity index (χ2n) is 5.08. The highest BCUT2D eigenvalue weighted by atomic mass is 16.5. The fourth-order valence-electron chi connectivity index (χ4n) is 2.55. The number of nitrogens with zero attached hydrogens (tertiary/aromatic N) is 1. The Morgan fingerprint density at radius 1 is 1.35 bits per heavy atom. The van der Waals surface area contributed by atoms with Gasteiger partial charge < -0.3 is 9.84 Å². The lowest BCUT2D eigenvalue weighted by Gasteiger charge is -2.27. The van der Waals surface area contributed by atoms with E-state index in [-0.39, 0.29) is 0 Å². The van der Waals surface area contributed by atoms with Crippen molar-refractivity contribution in [2.45, 2.75) is 25.8 Å². The smallest absolute Gasteiger partial charge is 0.328 e. The second-order valence-corrected chi connectivity index (χ2v) is 5.08. The Labute approximate surface area is 119 Å². The van der Waals surface area contributed by atoms with E-state index in [1.807, 2.05) is 18.2 Å². The fraction of sp³-hybridized carbons (Fsp3) is 0.438. The van der Waals surface area contributed by atoms with E-state index in [0.717, 1.165) is 42.6 Å². The van der Waals surface area contributed by atoms with E-state index in [9.17, 15) is 4.79 Å². The van der Waals surface area contributed by atoms with E-state index >= 15 is 0 Å². The number of likely N-dealkylation sites (tertiary alicyclic amines) is 1. The summed E-state index contributed by atoms with van der Waals surface area (Å²) in [5.74, 6) is -0.0681. The van der Waals surface area contributed by atoms with Crippen molar-refractivity contribution >= 4 is 12.0 Å². The van der Waals surface area contributed by atoms with Gasteiger partial charge in [-0.2, -0.15) is 0 Å². The molecule has 1 aliphatic rings. The highest BCUT2D eigenvalue weighted by molar-refractivity contribution is 5.85. The lowest BCUT2D eigenvalue weighted by Crippen LogP contribution is -2.29. The molecule has 0 radical (unpaired) electrons. The summed E-state index contributed by atoms with van der Waals surface area (Å²) in [5, 5.41) is 8.69. The van der Waals surface area contributed by atoms with Crippen LogP contribution >= 0.6 is 0 Å². The molecule has 0 unspecified atom stereocenters. The SMILES string of the molecule is COc1ccc(/C=C\C(=O)O)cc1CN1CCCCC1. The first-order chi connectivity index (χ1) is 9.69. The van der Waals surface area contributed by atoms with Gasteiger partial charge in [0.15, 0.2) is 0 Å². The van der Waals surface area contributed by atoms with Crippen LogP contribution in [0.5, 0.6) is 5.75 Å². The van der Waals surface area contributed by atoms with Crippen molar-refractivity contribution in [2.75, 3.05) is 20.2 Å². The van der Waals surface area contributed by atoms with Gasteiger partial charge in [-0.1, -0.05) is 12.5 Å². The summed E-state index contributed by atoms with van der Waals surface area (Å²) < 4.78 is 5.40. The molecule has 20 heavy (non-hydrogen) atoms. The molecule has 1 aliphatic heterocycles. The number of methoxy groups -OCH3 is 1. The minimum absolute atomic E-state index is 0.859. The lowest BCUT2D eigenvalue weighted by atomic mass is 10.1. The molecular weight excluding hydrogens is 254 g/mol. The van der Waals surface area contributed by atoms with Gasteiger partial charge in [0.25, 0.3) is 0 Å². The molecule has 1 heterocycles. The number of ether oxygens (including phenoxy) is 1. The van der Waals surface area contributed by atoms with Crippen LogP contribution in [0.25, 0.3) is 6.08 Å². The van der Waals surface area contributed by atoms with Crippen molar-refractivity contribution in [3.63, 3.8) is 0 Å². The molecule has 0 amide bonds. The van der Waals surface area contributed by atoms with Crippen LogP contribution < -0.4 is 4.74 Å². The van der Waals surface area contributed by atoms with Crippen LogP contribution in [-0.4, -0.2) is 36.2 Å². The molecule has 2 rings (SSSR count). The second kappa shape index (κ2) is 7.10. The maximum atomic E-state index is 10.6. The first-order valence-corrected chi connectivity index (χ1v) is 6.99. The Balaban J connectivity index is 2.15. The zero-order valence-corrected chi connectivity index (χ0v) is 11.8. The van der Waals surface area contributed by atoms with Gasteiger partial charge in [0, 0.05) is 18.2 Å². The van der Waals surface area contributed by atoms with Crippen LogP contribution in [0.2, 0.25) is 0 Å². The predicted molar refractivity (Wildman–Crippen MR) is 78.8 cm³/mol. The van der Waals surface area contributed by atoms with Crippen LogP contribution in [-0.2, 0) is 11.3 Å². The van der Waals surface area contributed by atoms with E-state index in [1.54, 1.807) is 13.2 Å². The largest absolute Gasteiger partial charge is 0.496 e. The third-order valence-corrected chi connectivity index (χ3v) is 3.57. The van der Waals surface area contributed by atoms with Crippen molar-refractivity contribution in [2.24, 2.45) is 0 Å². The summed E-state index contributed by atoms with van der Waals surface area (Å²) in [6, 6.07) is 5.78. The van der Waals surface area contributed by atoms with Crippen LogP contribution in [0.3, 0.4) is 0 Å². The van der Waals surface area contributed by atoms with Gasteiger partial charge in [-0.05, 0) is 49.7 Å². The highest BCUT2D eigenvalue weighted by Gasteiger charge is 2.13. The molecular formula is C16H21NO3. The monoisotopic (exact) mass is 275 g/mol. The first-order valence-electron chi connectivity index (χ1n) is 6.99. The molecule has 0 spiro atoms. The Kier molecular flexibility index (Phi) is 5.18. The minimum atomic E-state index is -0.932. The summed E-state index contributed by atoms with van der Waals surface area (Å²) in [6.07, 6.45) is 6.59. The third-order valence-electron chi connectivity index (χ3n) is 3.57. The van der Waals surface area contributed by atoms with E-state index in [0.29, 0.717) is 0 Å². The summed E-state index contributed by atoms with van der Waals surface area (Å²) in [4.78, 5) is 13.0. The molecule has 1 saturated heterocycles. The lowest BCUT2D eigenvalue weighted by molar-refractivity contribution is -0.131. The van der Waals surface area contributed by atoms with E-state index in [2.05, 4.69) is 4.90 Å². The van der Waals surface area contributed by atoms with Crippen molar-refractivity contribution < 1.29 is 14.6 Å². The number of carbonyl (C=O) groups is 1.